The molecule has 0 radical (unpaired) electrons. The first-order chi connectivity index (χ1) is 13.3. The quantitative estimate of drug-likeness (QED) is 0.835. The van der Waals surface area contributed by atoms with E-state index in [9.17, 15) is 13.2 Å². The summed E-state index contributed by atoms with van der Waals surface area (Å²) in [6.07, 6.45) is 2.69. The van der Waals surface area contributed by atoms with Gasteiger partial charge in [0.2, 0.25) is 5.91 Å². The lowest BCUT2D eigenvalue weighted by atomic mass is 10.1. The highest BCUT2D eigenvalue weighted by Gasteiger charge is 2.36. The van der Waals surface area contributed by atoms with E-state index in [1.54, 1.807) is 29.2 Å². The van der Waals surface area contributed by atoms with Gasteiger partial charge in [0, 0.05) is 18.2 Å². The number of nitrogens with zero attached hydrogens (tertiary/aromatic N) is 1. The molecule has 7 heteroatoms. The van der Waals surface area contributed by atoms with Gasteiger partial charge in [0.15, 0.2) is 0 Å². The number of amides is 1. The summed E-state index contributed by atoms with van der Waals surface area (Å²) in [4.78, 5) is 14.4. The molecule has 1 aliphatic heterocycles. The van der Waals surface area contributed by atoms with Gasteiger partial charge in [-0.2, -0.15) is 0 Å². The van der Waals surface area contributed by atoms with Crippen LogP contribution >= 0.6 is 0 Å². The van der Waals surface area contributed by atoms with Crippen molar-refractivity contribution in [1.29, 1.82) is 0 Å². The number of hydrogen-bond donors (Lipinski definition) is 1. The van der Waals surface area contributed by atoms with Crippen LogP contribution in [0.4, 0.5) is 11.4 Å². The first kappa shape index (κ1) is 18.8. The van der Waals surface area contributed by atoms with Crippen LogP contribution in [0.2, 0.25) is 0 Å². The molecule has 0 bridgehead atoms. The fraction of sp³-hybridized carbons (Fsp3) is 0.381. The molecule has 1 heterocycles. The van der Waals surface area contributed by atoms with Gasteiger partial charge in [-0.1, -0.05) is 6.07 Å². The lowest BCUT2D eigenvalue weighted by Crippen LogP contribution is -2.30. The van der Waals surface area contributed by atoms with E-state index < -0.39 is 10.0 Å². The number of methoxy groups -OCH3 is 1. The van der Waals surface area contributed by atoms with E-state index in [0.29, 0.717) is 18.0 Å². The smallest absolute Gasteiger partial charge is 0.265 e. The second-order valence-corrected chi connectivity index (χ2v) is 9.20. The predicted octanol–water partition coefficient (Wildman–Crippen LogP) is 3.41. The number of carbonyl (C=O) groups is 1. The Morgan fingerprint density at radius 3 is 2.54 bits per heavy atom. The van der Waals surface area contributed by atoms with Gasteiger partial charge in [-0.25, -0.2) is 8.42 Å². The van der Waals surface area contributed by atoms with Crippen molar-refractivity contribution in [1.82, 2.24) is 0 Å². The van der Waals surface area contributed by atoms with E-state index in [-0.39, 0.29) is 16.7 Å². The molecule has 6 nitrogen and oxygen atoms in total. The average Bonchev–Trinajstić information content (AvgIpc) is 3.42. The fourth-order valence-electron chi connectivity index (χ4n) is 3.57. The van der Waals surface area contributed by atoms with Gasteiger partial charge < -0.3 is 9.64 Å². The number of benzene rings is 2. The molecule has 0 aromatic heterocycles. The minimum Gasteiger partial charge on any atom is -0.495 e. The van der Waals surface area contributed by atoms with Crippen molar-refractivity contribution in [3.63, 3.8) is 0 Å². The van der Waals surface area contributed by atoms with Crippen molar-refractivity contribution < 1.29 is 17.9 Å². The monoisotopic (exact) mass is 400 g/mol. The van der Waals surface area contributed by atoms with Crippen LogP contribution in [0.1, 0.15) is 29.5 Å². The summed E-state index contributed by atoms with van der Waals surface area (Å²) in [5.41, 5.74) is 4.15. The third kappa shape index (κ3) is 3.35. The van der Waals surface area contributed by atoms with Gasteiger partial charge in [-0.05, 0) is 74.1 Å². The lowest BCUT2D eigenvalue weighted by molar-refractivity contribution is -0.119. The van der Waals surface area contributed by atoms with Crippen molar-refractivity contribution in [2.75, 3.05) is 23.3 Å². The highest BCUT2D eigenvalue weighted by molar-refractivity contribution is 7.92. The van der Waals surface area contributed by atoms with E-state index in [4.69, 9.17) is 4.74 Å². The molecule has 0 unspecified atom stereocenters. The zero-order valence-corrected chi connectivity index (χ0v) is 17.1. The van der Waals surface area contributed by atoms with Crippen molar-refractivity contribution in [3.05, 3.63) is 47.0 Å². The summed E-state index contributed by atoms with van der Waals surface area (Å²) in [7, 11) is -2.37. The molecular formula is C21H24N2O4S. The van der Waals surface area contributed by atoms with E-state index in [0.717, 1.165) is 41.6 Å². The lowest BCUT2D eigenvalue weighted by Gasteiger charge is -2.18. The first-order valence-corrected chi connectivity index (χ1v) is 10.9. The summed E-state index contributed by atoms with van der Waals surface area (Å²) in [6.45, 7) is 4.43. The molecule has 0 atom stereocenters. The fourth-order valence-corrected chi connectivity index (χ4v) is 4.85. The van der Waals surface area contributed by atoms with Gasteiger partial charge >= 0.3 is 0 Å². The van der Waals surface area contributed by atoms with Gasteiger partial charge in [0.1, 0.15) is 10.6 Å². The molecule has 1 saturated carbocycles. The largest absolute Gasteiger partial charge is 0.495 e. The molecule has 148 valence electrons. The molecule has 4 rings (SSSR count). The number of carbonyl (C=O) groups excluding carboxylic acids is 1. The van der Waals surface area contributed by atoms with Crippen molar-refractivity contribution >= 4 is 27.3 Å². The van der Waals surface area contributed by atoms with Crippen molar-refractivity contribution in [3.8, 4) is 5.75 Å². The van der Waals surface area contributed by atoms with Gasteiger partial charge in [-0.15, -0.1) is 0 Å². The summed E-state index contributed by atoms with van der Waals surface area (Å²) in [5.74, 6) is 0.586. The van der Waals surface area contributed by atoms with Crippen LogP contribution in [0.15, 0.2) is 35.2 Å². The molecule has 2 aromatic carbocycles. The summed E-state index contributed by atoms with van der Waals surface area (Å²) >= 11 is 0. The number of anilines is 2. The maximum Gasteiger partial charge on any atom is 0.265 e. The standard InChI is InChI=1S/C21H24N2O4S/c1-13-10-19(27-3)20(11-14(13)2)28(25,26)22-17-7-6-15-8-9-23(18(15)12-17)21(24)16-4-5-16/h6-7,10-12,16,22H,4-5,8-9H2,1-3H3. The highest BCUT2D eigenvalue weighted by Crippen LogP contribution is 2.38. The van der Waals surface area contributed by atoms with E-state index in [1.165, 1.54) is 7.11 Å². The topological polar surface area (TPSA) is 75.7 Å². The number of rotatable bonds is 5. The Kier molecular flexibility index (Phi) is 4.57. The molecule has 1 aliphatic carbocycles. The van der Waals surface area contributed by atoms with Crippen LogP contribution < -0.4 is 14.4 Å². The highest BCUT2D eigenvalue weighted by atomic mass is 32.2. The van der Waals surface area contributed by atoms with E-state index in [2.05, 4.69) is 4.72 Å². The van der Waals surface area contributed by atoms with Crippen LogP contribution in [0, 0.1) is 19.8 Å². The van der Waals surface area contributed by atoms with E-state index in [1.807, 2.05) is 19.9 Å². The number of ether oxygens (including phenoxy) is 1. The Labute approximate surface area is 165 Å². The van der Waals surface area contributed by atoms with Crippen molar-refractivity contribution in [2.24, 2.45) is 5.92 Å². The van der Waals surface area contributed by atoms with Gasteiger partial charge in [-0.3, -0.25) is 9.52 Å². The number of aryl methyl sites for hydroxylation is 2. The molecule has 28 heavy (non-hydrogen) atoms. The second kappa shape index (κ2) is 6.81. The van der Waals surface area contributed by atoms with E-state index >= 15 is 0 Å². The summed E-state index contributed by atoms with van der Waals surface area (Å²) in [5, 5.41) is 0. The molecule has 1 amide bonds. The number of fused-ring (bicyclic) bond motifs is 1. The maximum absolute atomic E-state index is 13.0. The first-order valence-electron chi connectivity index (χ1n) is 9.42. The molecule has 1 N–H and O–H groups in total. The minimum absolute atomic E-state index is 0.101. The number of sulfonamides is 1. The Balaban J connectivity index is 1.65. The molecule has 0 spiro atoms. The zero-order valence-electron chi connectivity index (χ0n) is 16.3. The Morgan fingerprint density at radius 2 is 1.86 bits per heavy atom. The minimum atomic E-state index is -3.83. The molecule has 2 aromatic rings. The third-order valence-corrected chi connectivity index (χ3v) is 6.90. The molecule has 2 aliphatic rings. The maximum atomic E-state index is 13.0. The van der Waals surface area contributed by atoms with Gasteiger partial charge in [0.05, 0.1) is 12.8 Å². The third-order valence-electron chi connectivity index (χ3n) is 5.50. The Hall–Kier alpha value is -2.54. The van der Waals surface area contributed by atoms with Crippen LogP contribution in [-0.2, 0) is 21.2 Å². The van der Waals surface area contributed by atoms with Crippen LogP contribution in [0.3, 0.4) is 0 Å². The van der Waals surface area contributed by atoms with Crippen LogP contribution in [-0.4, -0.2) is 28.0 Å². The average molecular weight is 401 g/mol. The Bertz CT molecular complexity index is 1060. The second-order valence-electron chi connectivity index (χ2n) is 7.55. The number of nitrogens with one attached hydrogen (secondary N) is 1. The molecular weight excluding hydrogens is 376 g/mol. The van der Waals surface area contributed by atoms with Crippen LogP contribution in [0.25, 0.3) is 0 Å². The number of hydrogen-bond acceptors (Lipinski definition) is 4. The van der Waals surface area contributed by atoms with Crippen LogP contribution in [0.5, 0.6) is 5.75 Å². The zero-order chi connectivity index (χ0) is 20.1. The Morgan fingerprint density at radius 1 is 1.14 bits per heavy atom. The van der Waals surface area contributed by atoms with Gasteiger partial charge in [0.25, 0.3) is 10.0 Å². The summed E-state index contributed by atoms with van der Waals surface area (Å²) < 4.78 is 33.9. The normalized spacial score (nSPS) is 16.0. The predicted molar refractivity (Wildman–Crippen MR) is 108 cm³/mol. The summed E-state index contributed by atoms with van der Waals surface area (Å²) in [6, 6.07) is 8.74. The van der Waals surface area contributed by atoms with Crippen molar-refractivity contribution in [2.45, 2.75) is 38.0 Å². The SMILES string of the molecule is COc1cc(C)c(C)cc1S(=O)(=O)Nc1ccc2c(c1)N(C(=O)C1CC1)CC2. The molecule has 0 saturated heterocycles. The molecule has 1 fully saturated rings.